The molecular weight excluding hydrogens is 152 g/mol. The van der Waals surface area contributed by atoms with Crippen molar-refractivity contribution in [3.05, 3.63) is 23.8 Å². The molecule has 0 heterocycles. The average Bonchev–Trinajstić information content (AvgIpc) is 2.16. The molecular formula is C9H14N2O. The van der Waals surface area contributed by atoms with Gasteiger partial charge in [0.25, 0.3) is 0 Å². The lowest BCUT2D eigenvalue weighted by atomic mass is 10.1. The van der Waals surface area contributed by atoms with Crippen LogP contribution in [0.25, 0.3) is 0 Å². The maximum Gasteiger partial charge on any atom is 0.143 e. The van der Waals surface area contributed by atoms with Gasteiger partial charge in [0.1, 0.15) is 5.75 Å². The van der Waals surface area contributed by atoms with Gasteiger partial charge in [-0.2, -0.15) is 0 Å². The number of rotatable bonds is 3. The highest BCUT2D eigenvalue weighted by molar-refractivity contribution is 5.61. The molecule has 0 amide bonds. The second-order valence-corrected chi connectivity index (χ2v) is 2.49. The molecule has 3 nitrogen and oxygen atoms in total. The number of methoxy groups -OCH3 is 1. The maximum atomic E-state index is 5.37. The van der Waals surface area contributed by atoms with Crippen molar-refractivity contribution in [2.75, 3.05) is 12.5 Å². The summed E-state index contributed by atoms with van der Waals surface area (Å²) < 4.78 is 5.14. The monoisotopic (exact) mass is 166 g/mol. The Bertz CT molecular complexity index is 238. The topological polar surface area (TPSA) is 47.3 Å². The van der Waals surface area contributed by atoms with Gasteiger partial charge in [-0.15, -0.1) is 0 Å². The van der Waals surface area contributed by atoms with E-state index < -0.39 is 0 Å². The summed E-state index contributed by atoms with van der Waals surface area (Å²) in [5.41, 5.74) is 4.68. The molecule has 0 atom stereocenters. The van der Waals surface area contributed by atoms with Crippen LogP contribution in [0.1, 0.15) is 12.5 Å². The lowest BCUT2D eigenvalue weighted by Crippen LogP contribution is -2.10. The Labute approximate surface area is 72.5 Å². The molecule has 0 saturated carbocycles. The highest BCUT2D eigenvalue weighted by Crippen LogP contribution is 2.27. The molecule has 3 N–H and O–H groups in total. The molecule has 1 aromatic rings. The highest BCUT2D eigenvalue weighted by atomic mass is 16.5. The molecule has 0 aliphatic carbocycles. The van der Waals surface area contributed by atoms with Crippen LogP contribution in [0.15, 0.2) is 18.2 Å². The summed E-state index contributed by atoms with van der Waals surface area (Å²) in [6, 6.07) is 5.87. The molecule has 0 radical (unpaired) electrons. The van der Waals surface area contributed by atoms with E-state index in [0.717, 1.165) is 23.4 Å². The molecule has 3 heteroatoms. The van der Waals surface area contributed by atoms with Crippen molar-refractivity contribution in [3.63, 3.8) is 0 Å². The maximum absolute atomic E-state index is 5.37. The summed E-state index contributed by atoms with van der Waals surface area (Å²) in [4.78, 5) is 0. The smallest absolute Gasteiger partial charge is 0.143 e. The fourth-order valence-corrected chi connectivity index (χ4v) is 1.21. The first-order chi connectivity index (χ1) is 5.83. The van der Waals surface area contributed by atoms with Crippen molar-refractivity contribution in [1.82, 2.24) is 0 Å². The normalized spacial score (nSPS) is 9.58. The minimum absolute atomic E-state index is 0.789. The van der Waals surface area contributed by atoms with Gasteiger partial charge in [0.2, 0.25) is 0 Å². The number of para-hydroxylation sites is 1. The van der Waals surface area contributed by atoms with E-state index in [1.165, 1.54) is 0 Å². The number of benzene rings is 1. The predicted molar refractivity (Wildman–Crippen MR) is 50.2 cm³/mol. The number of aryl methyl sites for hydroxylation is 1. The lowest BCUT2D eigenvalue weighted by molar-refractivity contribution is 0.416. The van der Waals surface area contributed by atoms with Gasteiger partial charge in [-0.25, -0.2) is 0 Å². The first-order valence-electron chi connectivity index (χ1n) is 3.96. The molecule has 66 valence electrons. The Hall–Kier alpha value is -1.22. The number of nitrogen functional groups attached to an aromatic ring is 1. The molecule has 0 aromatic heterocycles. The summed E-state index contributed by atoms with van der Waals surface area (Å²) >= 11 is 0. The predicted octanol–water partition coefficient (Wildman–Crippen LogP) is 1.54. The molecule has 0 unspecified atom stereocenters. The average molecular weight is 166 g/mol. The zero-order valence-electron chi connectivity index (χ0n) is 7.42. The molecule has 0 saturated heterocycles. The minimum atomic E-state index is 0.789. The number of hydrogen-bond donors (Lipinski definition) is 2. The van der Waals surface area contributed by atoms with Crippen LogP contribution in [-0.2, 0) is 6.42 Å². The van der Waals surface area contributed by atoms with Crippen LogP contribution >= 0.6 is 0 Å². The first-order valence-corrected chi connectivity index (χ1v) is 3.96. The summed E-state index contributed by atoms with van der Waals surface area (Å²) in [5, 5.41) is 0. The largest absolute Gasteiger partial charge is 0.495 e. The third-order valence-electron chi connectivity index (χ3n) is 1.86. The Morgan fingerprint density at radius 2 is 2.25 bits per heavy atom. The molecule has 12 heavy (non-hydrogen) atoms. The number of hydrazine groups is 1. The first kappa shape index (κ1) is 8.87. The van der Waals surface area contributed by atoms with Crippen LogP contribution in [-0.4, -0.2) is 7.11 Å². The fourth-order valence-electron chi connectivity index (χ4n) is 1.21. The second kappa shape index (κ2) is 3.97. The van der Waals surface area contributed by atoms with E-state index in [9.17, 15) is 0 Å². The van der Waals surface area contributed by atoms with E-state index in [0.29, 0.717) is 0 Å². The van der Waals surface area contributed by atoms with Gasteiger partial charge < -0.3 is 10.2 Å². The number of ether oxygens (including phenoxy) is 1. The van der Waals surface area contributed by atoms with Crippen LogP contribution in [0.2, 0.25) is 0 Å². The van der Waals surface area contributed by atoms with Gasteiger partial charge in [0.05, 0.1) is 12.8 Å². The van der Waals surface area contributed by atoms with Gasteiger partial charge in [0.15, 0.2) is 0 Å². The van der Waals surface area contributed by atoms with Crippen molar-refractivity contribution < 1.29 is 4.74 Å². The van der Waals surface area contributed by atoms with Crippen LogP contribution in [0, 0.1) is 0 Å². The molecule has 0 spiro atoms. The van der Waals surface area contributed by atoms with E-state index >= 15 is 0 Å². The molecule has 0 fully saturated rings. The fraction of sp³-hybridized carbons (Fsp3) is 0.333. The summed E-state index contributed by atoms with van der Waals surface area (Å²) in [5.74, 6) is 6.16. The van der Waals surface area contributed by atoms with E-state index in [-0.39, 0.29) is 0 Å². The van der Waals surface area contributed by atoms with E-state index in [2.05, 4.69) is 12.3 Å². The van der Waals surface area contributed by atoms with Crippen molar-refractivity contribution in [3.8, 4) is 5.75 Å². The summed E-state index contributed by atoms with van der Waals surface area (Å²) in [6.07, 6.45) is 0.941. The molecule has 0 aliphatic heterocycles. The van der Waals surface area contributed by atoms with E-state index in [1.807, 2.05) is 18.2 Å². The Kier molecular flexibility index (Phi) is 2.94. The van der Waals surface area contributed by atoms with Crippen molar-refractivity contribution in [2.45, 2.75) is 13.3 Å². The Morgan fingerprint density at radius 3 is 2.75 bits per heavy atom. The van der Waals surface area contributed by atoms with E-state index in [4.69, 9.17) is 10.6 Å². The number of nitrogens with one attached hydrogen (secondary N) is 1. The van der Waals surface area contributed by atoms with Crippen molar-refractivity contribution in [1.29, 1.82) is 0 Å². The van der Waals surface area contributed by atoms with Crippen LogP contribution in [0.4, 0.5) is 5.69 Å². The summed E-state index contributed by atoms with van der Waals surface area (Å²) in [7, 11) is 1.63. The standard InChI is InChI=1S/C9H14N2O/c1-3-7-5-4-6-8(12-2)9(7)11-10/h4-6,11H,3,10H2,1-2H3. The highest BCUT2D eigenvalue weighted by Gasteiger charge is 2.04. The second-order valence-electron chi connectivity index (χ2n) is 2.49. The summed E-state index contributed by atoms with van der Waals surface area (Å²) in [6.45, 7) is 2.08. The van der Waals surface area contributed by atoms with Gasteiger partial charge in [-0.1, -0.05) is 19.1 Å². The van der Waals surface area contributed by atoms with E-state index in [1.54, 1.807) is 7.11 Å². The van der Waals surface area contributed by atoms with Crippen molar-refractivity contribution in [2.24, 2.45) is 5.84 Å². The van der Waals surface area contributed by atoms with Crippen molar-refractivity contribution >= 4 is 5.69 Å². The number of nitrogens with two attached hydrogens (primary N) is 1. The third-order valence-corrected chi connectivity index (χ3v) is 1.86. The zero-order valence-corrected chi connectivity index (χ0v) is 7.42. The van der Waals surface area contributed by atoms with Crippen LogP contribution in [0.3, 0.4) is 0 Å². The van der Waals surface area contributed by atoms with Gasteiger partial charge >= 0.3 is 0 Å². The third kappa shape index (κ3) is 1.51. The molecule has 1 aromatic carbocycles. The Morgan fingerprint density at radius 1 is 1.50 bits per heavy atom. The molecule has 0 aliphatic rings. The number of hydrogen-bond acceptors (Lipinski definition) is 3. The van der Waals surface area contributed by atoms with Gasteiger partial charge in [0, 0.05) is 0 Å². The van der Waals surface area contributed by atoms with Crippen LogP contribution < -0.4 is 16.0 Å². The van der Waals surface area contributed by atoms with Gasteiger partial charge in [-0.3, -0.25) is 5.84 Å². The van der Waals surface area contributed by atoms with Gasteiger partial charge in [-0.05, 0) is 18.1 Å². The Balaban J connectivity index is 3.13. The number of anilines is 1. The minimum Gasteiger partial charge on any atom is -0.495 e. The quantitative estimate of drug-likeness (QED) is 0.529. The molecule has 0 bridgehead atoms. The van der Waals surface area contributed by atoms with Crippen LogP contribution in [0.5, 0.6) is 5.75 Å². The molecule has 1 rings (SSSR count). The zero-order chi connectivity index (χ0) is 8.97. The lowest BCUT2D eigenvalue weighted by Gasteiger charge is -2.11. The SMILES string of the molecule is CCc1cccc(OC)c1NN.